The summed E-state index contributed by atoms with van der Waals surface area (Å²) in [4.78, 5) is 10.2. The van der Waals surface area contributed by atoms with Crippen LogP contribution in [0.2, 0.25) is 0 Å². The molecule has 1 nitrogen and oxygen atoms in total. The lowest BCUT2D eigenvalue weighted by Crippen LogP contribution is -1.93. The van der Waals surface area contributed by atoms with Crippen molar-refractivity contribution in [3.05, 3.63) is 0 Å². The minimum atomic E-state index is 0.470. The summed E-state index contributed by atoms with van der Waals surface area (Å²) in [5.74, 6) is 12.5. The number of hydrogen-bond acceptors (Lipinski definition) is 1. The summed E-state index contributed by atoms with van der Waals surface area (Å²) in [7, 11) is 0. The van der Waals surface area contributed by atoms with E-state index < -0.39 is 0 Å². The van der Waals surface area contributed by atoms with E-state index in [1.807, 2.05) is 6.92 Å². The third-order valence-electron chi connectivity index (χ3n) is 1.94. The summed E-state index contributed by atoms with van der Waals surface area (Å²) in [6.07, 6.45) is 5.29. The topological polar surface area (TPSA) is 17.1 Å². The second-order valence-electron chi connectivity index (χ2n) is 3.33. The van der Waals surface area contributed by atoms with Gasteiger partial charge in [0.25, 0.3) is 0 Å². The van der Waals surface area contributed by atoms with Crippen LogP contribution in [-0.4, -0.2) is 6.29 Å². The molecule has 0 spiro atoms. The van der Waals surface area contributed by atoms with E-state index >= 15 is 0 Å². The third kappa shape index (κ3) is 8.88. The van der Waals surface area contributed by atoms with Gasteiger partial charge >= 0.3 is 0 Å². The van der Waals surface area contributed by atoms with Gasteiger partial charge in [0.2, 0.25) is 0 Å². The van der Waals surface area contributed by atoms with E-state index in [9.17, 15) is 4.79 Å². The maximum atomic E-state index is 10.2. The molecule has 0 aromatic heterocycles. The van der Waals surface area contributed by atoms with Crippen LogP contribution < -0.4 is 0 Å². The fourth-order valence-electron chi connectivity index (χ4n) is 1.03. The van der Waals surface area contributed by atoms with Gasteiger partial charge in [-0.2, -0.15) is 0 Å². The SMILES string of the molecule is CC#CCCC#CCC[C@H](C)CC=O. The van der Waals surface area contributed by atoms with Gasteiger partial charge in [0.15, 0.2) is 0 Å². The molecule has 0 rings (SSSR count). The maximum Gasteiger partial charge on any atom is 0.120 e. The molecule has 0 radical (unpaired) electrons. The Balaban J connectivity index is 3.40. The number of rotatable bonds is 5. The van der Waals surface area contributed by atoms with Crippen molar-refractivity contribution >= 4 is 6.29 Å². The lowest BCUT2D eigenvalue weighted by molar-refractivity contribution is -0.108. The van der Waals surface area contributed by atoms with Crippen LogP contribution >= 0.6 is 0 Å². The molecule has 0 aliphatic heterocycles. The van der Waals surface area contributed by atoms with Gasteiger partial charge in [-0.25, -0.2) is 0 Å². The Bertz CT molecular complexity index is 256. The van der Waals surface area contributed by atoms with Crippen LogP contribution in [0.4, 0.5) is 0 Å². The van der Waals surface area contributed by atoms with E-state index in [1.165, 1.54) is 0 Å². The molecule has 76 valence electrons. The summed E-state index contributed by atoms with van der Waals surface area (Å²) >= 11 is 0. The zero-order chi connectivity index (χ0) is 10.6. The molecule has 0 N–H and O–H groups in total. The first-order valence-corrected chi connectivity index (χ1v) is 5.10. The van der Waals surface area contributed by atoms with E-state index in [4.69, 9.17) is 0 Å². The number of unbranched alkanes of at least 4 members (excludes halogenated alkanes) is 1. The normalized spacial score (nSPS) is 10.4. The Morgan fingerprint density at radius 3 is 2.43 bits per heavy atom. The monoisotopic (exact) mass is 190 g/mol. The highest BCUT2D eigenvalue weighted by atomic mass is 16.1. The standard InChI is InChI=1S/C13H18O/c1-3-4-5-6-7-8-9-10-13(2)11-12-14/h12-13H,5-6,9-11H2,1-2H3/t13-/m0/s1. The molecule has 0 fully saturated rings. The van der Waals surface area contributed by atoms with Gasteiger partial charge in [0.05, 0.1) is 0 Å². The van der Waals surface area contributed by atoms with Crippen molar-refractivity contribution in [3.63, 3.8) is 0 Å². The summed E-state index contributed by atoms with van der Waals surface area (Å²) in [6.45, 7) is 3.92. The summed E-state index contributed by atoms with van der Waals surface area (Å²) in [5, 5.41) is 0. The van der Waals surface area contributed by atoms with Crippen molar-refractivity contribution in [1.82, 2.24) is 0 Å². The van der Waals surface area contributed by atoms with E-state index in [1.54, 1.807) is 0 Å². The highest BCUT2D eigenvalue weighted by molar-refractivity contribution is 5.49. The number of carbonyl (C=O) groups excluding carboxylic acids is 1. The Kier molecular flexibility index (Phi) is 9.02. The zero-order valence-electron chi connectivity index (χ0n) is 9.10. The first kappa shape index (κ1) is 12.8. The molecule has 0 bridgehead atoms. The fourth-order valence-corrected chi connectivity index (χ4v) is 1.03. The molecule has 0 amide bonds. The highest BCUT2D eigenvalue weighted by Gasteiger charge is 1.97. The largest absolute Gasteiger partial charge is 0.303 e. The lowest BCUT2D eigenvalue weighted by Gasteiger charge is -2.01. The quantitative estimate of drug-likeness (QED) is 0.370. The first-order chi connectivity index (χ1) is 6.81. The second-order valence-corrected chi connectivity index (χ2v) is 3.33. The van der Waals surface area contributed by atoms with E-state index in [2.05, 4.69) is 30.6 Å². The Morgan fingerprint density at radius 2 is 1.79 bits per heavy atom. The summed E-state index contributed by atoms with van der Waals surface area (Å²) < 4.78 is 0. The van der Waals surface area contributed by atoms with Crippen LogP contribution in [0.3, 0.4) is 0 Å². The Labute approximate surface area is 87.3 Å². The van der Waals surface area contributed by atoms with Gasteiger partial charge in [-0.15, -0.1) is 23.7 Å². The molecule has 1 heteroatoms. The highest BCUT2D eigenvalue weighted by Crippen LogP contribution is 2.07. The molecule has 0 saturated heterocycles. The predicted octanol–water partition coefficient (Wildman–Crippen LogP) is 2.80. The van der Waals surface area contributed by atoms with Crippen molar-refractivity contribution in [1.29, 1.82) is 0 Å². The molecule has 0 aliphatic carbocycles. The lowest BCUT2D eigenvalue weighted by atomic mass is 10.0. The van der Waals surface area contributed by atoms with E-state index in [0.717, 1.165) is 32.0 Å². The van der Waals surface area contributed by atoms with Crippen molar-refractivity contribution in [2.45, 2.75) is 46.0 Å². The third-order valence-corrected chi connectivity index (χ3v) is 1.94. The molecule has 0 unspecified atom stereocenters. The van der Waals surface area contributed by atoms with Crippen LogP contribution in [0.5, 0.6) is 0 Å². The van der Waals surface area contributed by atoms with Crippen LogP contribution in [0.25, 0.3) is 0 Å². The van der Waals surface area contributed by atoms with Crippen LogP contribution in [0.1, 0.15) is 46.0 Å². The molecule has 0 aliphatic rings. The van der Waals surface area contributed by atoms with Gasteiger partial charge in [-0.1, -0.05) is 6.92 Å². The zero-order valence-corrected chi connectivity index (χ0v) is 9.10. The Hall–Kier alpha value is -1.21. The molecular weight excluding hydrogens is 172 g/mol. The summed E-state index contributed by atoms with van der Waals surface area (Å²) in [5.41, 5.74) is 0. The van der Waals surface area contributed by atoms with E-state index in [0.29, 0.717) is 12.3 Å². The fraction of sp³-hybridized carbons (Fsp3) is 0.615. The number of carbonyl (C=O) groups is 1. The molecule has 1 atom stereocenters. The average Bonchev–Trinajstić information content (AvgIpc) is 2.17. The van der Waals surface area contributed by atoms with Crippen molar-refractivity contribution in [3.8, 4) is 23.7 Å². The summed E-state index contributed by atoms with van der Waals surface area (Å²) in [6, 6.07) is 0. The molecule has 14 heavy (non-hydrogen) atoms. The van der Waals surface area contributed by atoms with Crippen molar-refractivity contribution < 1.29 is 4.79 Å². The van der Waals surface area contributed by atoms with Crippen LogP contribution in [0.15, 0.2) is 0 Å². The predicted molar refractivity (Wildman–Crippen MR) is 59.5 cm³/mol. The van der Waals surface area contributed by atoms with Gasteiger partial charge < -0.3 is 4.79 Å². The van der Waals surface area contributed by atoms with Crippen molar-refractivity contribution in [2.75, 3.05) is 0 Å². The number of hydrogen-bond donors (Lipinski definition) is 0. The molecule has 0 aromatic carbocycles. The maximum absolute atomic E-state index is 10.2. The van der Waals surface area contributed by atoms with Crippen LogP contribution in [-0.2, 0) is 4.79 Å². The van der Waals surface area contributed by atoms with Gasteiger partial charge in [-0.3, -0.25) is 0 Å². The van der Waals surface area contributed by atoms with Gasteiger partial charge in [0.1, 0.15) is 6.29 Å². The molecule has 0 aromatic rings. The van der Waals surface area contributed by atoms with Gasteiger partial charge in [0, 0.05) is 25.7 Å². The average molecular weight is 190 g/mol. The first-order valence-electron chi connectivity index (χ1n) is 5.10. The minimum Gasteiger partial charge on any atom is -0.303 e. The second kappa shape index (κ2) is 9.87. The van der Waals surface area contributed by atoms with Crippen molar-refractivity contribution in [2.24, 2.45) is 5.92 Å². The Morgan fingerprint density at radius 1 is 1.14 bits per heavy atom. The minimum absolute atomic E-state index is 0.470. The molecule has 0 saturated carbocycles. The number of aldehydes is 1. The van der Waals surface area contributed by atoms with Gasteiger partial charge in [-0.05, 0) is 19.3 Å². The molecular formula is C13H18O. The molecule has 0 heterocycles. The smallest absolute Gasteiger partial charge is 0.120 e. The van der Waals surface area contributed by atoms with E-state index in [-0.39, 0.29) is 0 Å². The van der Waals surface area contributed by atoms with Crippen LogP contribution in [0, 0.1) is 29.6 Å².